The summed E-state index contributed by atoms with van der Waals surface area (Å²) in [5, 5.41) is 0. The minimum Gasteiger partial charge on any atom is -0.376 e. The van der Waals surface area contributed by atoms with E-state index in [9.17, 15) is 0 Å². The van der Waals surface area contributed by atoms with Crippen LogP contribution in [0.25, 0.3) is 11.1 Å². The fourth-order valence-electron chi connectivity index (χ4n) is 3.81. The van der Waals surface area contributed by atoms with Gasteiger partial charge in [-0.15, -0.1) is 0 Å². The molecular formula is C20H24O. The molecule has 0 aliphatic heterocycles. The number of rotatable bonds is 2. The molecule has 0 saturated carbocycles. The summed E-state index contributed by atoms with van der Waals surface area (Å²) in [5.41, 5.74) is 9.58. The Morgan fingerprint density at radius 1 is 0.905 bits per heavy atom. The summed E-state index contributed by atoms with van der Waals surface area (Å²) in [5.74, 6) is 0.552. The molecule has 110 valence electrons. The van der Waals surface area contributed by atoms with Gasteiger partial charge in [0.1, 0.15) is 0 Å². The number of hydrogen-bond donors (Lipinski definition) is 0. The molecule has 1 aliphatic carbocycles. The third-order valence-corrected chi connectivity index (χ3v) is 4.56. The third-order valence-electron chi connectivity index (χ3n) is 4.56. The van der Waals surface area contributed by atoms with Gasteiger partial charge in [-0.2, -0.15) is 0 Å². The van der Waals surface area contributed by atoms with Crippen molar-refractivity contribution >= 4 is 0 Å². The molecule has 0 N–H and O–H groups in total. The average Bonchev–Trinajstić information content (AvgIpc) is 2.72. The van der Waals surface area contributed by atoms with E-state index in [-0.39, 0.29) is 6.10 Å². The second-order valence-electron chi connectivity index (χ2n) is 6.59. The highest BCUT2D eigenvalue weighted by Gasteiger charge is 2.31. The first kappa shape index (κ1) is 14.3. The van der Waals surface area contributed by atoms with Crippen LogP contribution in [0.5, 0.6) is 0 Å². The van der Waals surface area contributed by atoms with Crippen molar-refractivity contribution in [1.29, 1.82) is 0 Å². The first-order valence-electron chi connectivity index (χ1n) is 7.74. The van der Waals surface area contributed by atoms with Crippen LogP contribution in [0.3, 0.4) is 0 Å². The fourth-order valence-corrected chi connectivity index (χ4v) is 3.81. The van der Waals surface area contributed by atoms with E-state index < -0.39 is 0 Å². The fraction of sp³-hybridized carbons (Fsp3) is 0.400. The Morgan fingerprint density at radius 3 is 2.14 bits per heavy atom. The van der Waals surface area contributed by atoms with Gasteiger partial charge in [0, 0.05) is 7.11 Å². The molecule has 2 unspecified atom stereocenters. The van der Waals surface area contributed by atoms with Crippen LogP contribution in [0.4, 0.5) is 0 Å². The van der Waals surface area contributed by atoms with Crippen molar-refractivity contribution < 1.29 is 4.74 Å². The van der Waals surface area contributed by atoms with Gasteiger partial charge in [0.2, 0.25) is 0 Å². The van der Waals surface area contributed by atoms with Gasteiger partial charge in [0.15, 0.2) is 0 Å². The predicted octanol–water partition coefficient (Wildman–Crippen LogP) is 5.16. The minimum absolute atomic E-state index is 0.240. The van der Waals surface area contributed by atoms with E-state index >= 15 is 0 Å². The number of hydrogen-bond acceptors (Lipinski definition) is 1. The molecular weight excluding hydrogens is 256 g/mol. The second kappa shape index (κ2) is 5.31. The normalized spacial score (nSPS) is 20.6. The Kier molecular flexibility index (Phi) is 3.62. The van der Waals surface area contributed by atoms with E-state index in [1.807, 2.05) is 7.11 Å². The first-order chi connectivity index (χ1) is 9.99. The molecule has 21 heavy (non-hydrogen) atoms. The number of benzene rings is 2. The highest BCUT2D eigenvalue weighted by molar-refractivity contribution is 5.72. The molecule has 0 saturated heterocycles. The Labute approximate surface area is 128 Å². The molecule has 0 radical (unpaired) electrons. The molecule has 1 heteroatoms. The van der Waals surface area contributed by atoms with E-state index in [0.717, 1.165) is 6.42 Å². The molecule has 0 aromatic heterocycles. The van der Waals surface area contributed by atoms with Crippen LogP contribution in [0.15, 0.2) is 30.3 Å². The lowest BCUT2D eigenvalue weighted by Gasteiger charge is -2.16. The van der Waals surface area contributed by atoms with Crippen molar-refractivity contribution in [3.63, 3.8) is 0 Å². The van der Waals surface area contributed by atoms with Gasteiger partial charge in [-0.25, -0.2) is 0 Å². The largest absolute Gasteiger partial charge is 0.376 e. The molecule has 1 aliphatic rings. The molecule has 3 rings (SSSR count). The van der Waals surface area contributed by atoms with Gasteiger partial charge in [-0.1, -0.05) is 53.9 Å². The number of methoxy groups -OCH3 is 1. The van der Waals surface area contributed by atoms with Crippen LogP contribution in [0.1, 0.15) is 40.8 Å². The van der Waals surface area contributed by atoms with Crippen molar-refractivity contribution in [3.05, 3.63) is 58.1 Å². The smallest absolute Gasteiger partial charge is 0.0852 e. The van der Waals surface area contributed by atoms with Crippen molar-refractivity contribution in [2.75, 3.05) is 7.11 Å². The summed E-state index contributed by atoms with van der Waals surface area (Å²) < 4.78 is 5.74. The zero-order chi connectivity index (χ0) is 15.1. The Balaban J connectivity index is 2.21. The van der Waals surface area contributed by atoms with Crippen LogP contribution < -0.4 is 0 Å². The van der Waals surface area contributed by atoms with E-state index in [4.69, 9.17) is 4.74 Å². The van der Waals surface area contributed by atoms with Gasteiger partial charge in [-0.3, -0.25) is 0 Å². The lowest BCUT2D eigenvalue weighted by Crippen LogP contribution is -2.05. The monoisotopic (exact) mass is 280 g/mol. The van der Waals surface area contributed by atoms with Crippen LogP contribution in [0, 0.1) is 26.7 Å². The molecule has 0 fully saturated rings. The maximum atomic E-state index is 5.74. The first-order valence-corrected chi connectivity index (χ1v) is 7.74. The topological polar surface area (TPSA) is 9.23 Å². The summed E-state index contributed by atoms with van der Waals surface area (Å²) in [7, 11) is 1.83. The Hall–Kier alpha value is -1.60. The van der Waals surface area contributed by atoms with Crippen LogP contribution in [0.2, 0.25) is 0 Å². The van der Waals surface area contributed by atoms with Crippen molar-refractivity contribution in [3.8, 4) is 11.1 Å². The van der Waals surface area contributed by atoms with E-state index in [1.54, 1.807) is 0 Å². The van der Waals surface area contributed by atoms with Gasteiger partial charge in [0.25, 0.3) is 0 Å². The van der Waals surface area contributed by atoms with E-state index in [0.29, 0.717) is 5.92 Å². The molecule has 2 aromatic rings. The summed E-state index contributed by atoms with van der Waals surface area (Å²) >= 11 is 0. The lowest BCUT2D eigenvalue weighted by molar-refractivity contribution is 0.0695. The third kappa shape index (κ3) is 2.51. The number of ether oxygens (including phenoxy) is 1. The van der Waals surface area contributed by atoms with Gasteiger partial charge < -0.3 is 4.74 Å². The molecule has 0 spiro atoms. The van der Waals surface area contributed by atoms with Crippen LogP contribution in [-0.2, 0) is 11.2 Å². The van der Waals surface area contributed by atoms with Crippen molar-refractivity contribution in [2.45, 2.75) is 40.2 Å². The Morgan fingerprint density at radius 2 is 1.52 bits per heavy atom. The SMILES string of the molecule is COC1c2cc(C)cc(-c3cc(C)cc(C)c3)c2CC1C. The molecule has 2 aromatic carbocycles. The molecule has 1 nitrogen and oxygen atoms in total. The second-order valence-corrected chi connectivity index (χ2v) is 6.59. The molecule has 2 atom stereocenters. The van der Waals surface area contributed by atoms with E-state index in [2.05, 4.69) is 58.0 Å². The number of aryl methyl sites for hydroxylation is 3. The zero-order valence-electron chi connectivity index (χ0n) is 13.7. The quantitative estimate of drug-likeness (QED) is 0.738. The zero-order valence-corrected chi connectivity index (χ0v) is 13.7. The molecule has 0 heterocycles. The summed E-state index contributed by atoms with van der Waals surface area (Å²) in [6.45, 7) is 8.82. The van der Waals surface area contributed by atoms with Gasteiger partial charge >= 0.3 is 0 Å². The van der Waals surface area contributed by atoms with Gasteiger partial charge in [0.05, 0.1) is 6.10 Å². The summed E-state index contributed by atoms with van der Waals surface area (Å²) in [4.78, 5) is 0. The minimum atomic E-state index is 0.240. The predicted molar refractivity (Wildman–Crippen MR) is 88.7 cm³/mol. The van der Waals surface area contributed by atoms with Crippen molar-refractivity contribution in [2.24, 2.45) is 5.92 Å². The maximum Gasteiger partial charge on any atom is 0.0852 e. The average molecular weight is 280 g/mol. The van der Waals surface area contributed by atoms with Crippen LogP contribution >= 0.6 is 0 Å². The van der Waals surface area contributed by atoms with Gasteiger partial charge in [-0.05, 0) is 55.4 Å². The Bertz CT molecular complexity index is 664. The highest BCUT2D eigenvalue weighted by atomic mass is 16.5. The lowest BCUT2D eigenvalue weighted by atomic mass is 9.92. The summed E-state index contributed by atoms with van der Waals surface area (Å²) in [6.07, 6.45) is 1.35. The van der Waals surface area contributed by atoms with Crippen LogP contribution in [-0.4, -0.2) is 7.11 Å². The molecule has 0 amide bonds. The van der Waals surface area contributed by atoms with E-state index in [1.165, 1.54) is 38.9 Å². The van der Waals surface area contributed by atoms with Crippen molar-refractivity contribution in [1.82, 2.24) is 0 Å². The maximum absolute atomic E-state index is 5.74. The number of fused-ring (bicyclic) bond motifs is 1. The molecule has 0 bridgehead atoms. The standard InChI is InChI=1S/C20H24O/c1-12-6-13(2)8-16(7-12)17-9-14(3)10-19-18(17)11-15(4)20(19)21-5/h6-10,15,20H,11H2,1-5H3. The summed E-state index contributed by atoms with van der Waals surface area (Å²) in [6, 6.07) is 11.5. The highest BCUT2D eigenvalue weighted by Crippen LogP contribution is 2.43.